The number of fused-ring (bicyclic) bond motifs is 2. The molecule has 0 bridgehead atoms. The summed E-state index contributed by atoms with van der Waals surface area (Å²) in [5.41, 5.74) is 3.32. The molecule has 5 rings (SSSR count). The molecule has 1 fully saturated rings. The van der Waals surface area contributed by atoms with Gasteiger partial charge in [0.1, 0.15) is 5.82 Å². The highest BCUT2D eigenvalue weighted by Gasteiger charge is 2.29. The van der Waals surface area contributed by atoms with E-state index >= 15 is 0 Å². The Morgan fingerprint density at radius 1 is 1.00 bits per heavy atom. The lowest BCUT2D eigenvalue weighted by atomic mass is 10.0. The van der Waals surface area contributed by atoms with E-state index in [1.165, 1.54) is 16.3 Å². The van der Waals surface area contributed by atoms with E-state index in [0.717, 1.165) is 36.2 Å². The van der Waals surface area contributed by atoms with Crippen molar-refractivity contribution in [2.45, 2.75) is 25.9 Å². The van der Waals surface area contributed by atoms with E-state index in [2.05, 4.69) is 58.4 Å². The zero-order chi connectivity index (χ0) is 18.2. The van der Waals surface area contributed by atoms with Crippen molar-refractivity contribution in [3.63, 3.8) is 0 Å². The summed E-state index contributed by atoms with van der Waals surface area (Å²) in [7, 11) is 0. The van der Waals surface area contributed by atoms with E-state index in [0.29, 0.717) is 6.54 Å². The molecule has 1 saturated carbocycles. The SMILES string of the molecule is O=C(NCc1nc2ccccc2n1Cc1cccc2ccccc12)C1CC1. The second-order valence-electron chi connectivity index (χ2n) is 7.23. The summed E-state index contributed by atoms with van der Waals surface area (Å²) in [6, 6.07) is 23.0. The van der Waals surface area contributed by atoms with Gasteiger partial charge in [0.15, 0.2) is 0 Å². The van der Waals surface area contributed by atoms with Gasteiger partial charge in [-0.3, -0.25) is 4.79 Å². The molecule has 4 heteroatoms. The zero-order valence-corrected chi connectivity index (χ0v) is 15.1. The van der Waals surface area contributed by atoms with Gasteiger partial charge in [-0.25, -0.2) is 4.98 Å². The second kappa shape index (κ2) is 6.54. The van der Waals surface area contributed by atoms with E-state index < -0.39 is 0 Å². The highest BCUT2D eigenvalue weighted by atomic mass is 16.2. The minimum Gasteiger partial charge on any atom is -0.349 e. The number of imidazole rings is 1. The summed E-state index contributed by atoms with van der Waals surface area (Å²) in [4.78, 5) is 16.9. The van der Waals surface area contributed by atoms with E-state index in [-0.39, 0.29) is 11.8 Å². The molecule has 4 aromatic rings. The molecule has 3 aromatic carbocycles. The number of benzene rings is 3. The Kier molecular flexibility index (Phi) is 3.89. The maximum absolute atomic E-state index is 12.1. The summed E-state index contributed by atoms with van der Waals surface area (Å²) in [5, 5.41) is 5.56. The quantitative estimate of drug-likeness (QED) is 0.581. The van der Waals surface area contributed by atoms with Crippen LogP contribution in [0.15, 0.2) is 66.7 Å². The third kappa shape index (κ3) is 3.08. The number of amides is 1. The Morgan fingerprint density at radius 3 is 2.67 bits per heavy atom. The molecule has 0 aliphatic heterocycles. The predicted octanol–water partition coefficient (Wildman–Crippen LogP) is 4.26. The molecule has 1 aromatic heterocycles. The third-order valence-electron chi connectivity index (χ3n) is 5.31. The Hall–Kier alpha value is -3.14. The van der Waals surface area contributed by atoms with Gasteiger partial charge in [0.25, 0.3) is 0 Å². The molecule has 0 spiro atoms. The van der Waals surface area contributed by atoms with Gasteiger partial charge < -0.3 is 9.88 Å². The van der Waals surface area contributed by atoms with E-state index in [1.54, 1.807) is 0 Å². The first-order chi connectivity index (χ1) is 13.3. The van der Waals surface area contributed by atoms with Crippen LogP contribution in [0.5, 0.6) is 0 Å². The van der Waals surface area contributed by atoms with Crippen molar-refractivity contribution in [3.05, 3.63) is 78.1 Å². The Bertz CT molecular complexity index is 1140. The minimum atomic E-state index is 0.152. The monoisotopic (exact) mass is 355 g/mol. The third-order valence-corrected chi connectivity index (χ3v) is 5.31. The second-order valence-corrected chi connectivity index (χ2v) is 7.23. The average molecular weight is 355 g/mol. The maximum Gasteiger partial charge on any atom is 0.223 e. The van der Waals surface area contributed by atoms with E-state index in [1.807, 2.05) is 18.2 Å². The van der Waals surface area contributed by atoms with Gasteiger partial charge in [0, 0.05) is 5.92 Å². The highest BCUT2D eigenvalue weighted by molar-refractivity contribution is 5.86. The maximum atomic E-state index is 12.1. The number of para-hydroxylation sites is 2. The minimum absolute atomic E-state index is 0.152. The van der Waals surface area contributed by atoms with Crippen LogP contribution in [-0.2, 0) is 17.9 Å². The highest BCUT2D eigenvalue weighted by Crippen LogP contribution is 2.29. The van der Waals surface area contributed by atoms with Crippen molar-refractivity contribution < 1.29 is 4.79 Å². The molecule has 0 atom stereocenters. The number of aromatic nitrogens is 2. The lowest BCUT2D eigenvalue weighted by molar-refractivity contribution is -0.122. The van der Waals surface area contributed by atoms with Crippen LogP contribution in [0.2, 0.25) is 0 Å². The molecular formula is C23H21N3O. The molecule has 134 valence electrons. The molecule has 0 radical (unpaired) electrons. The van der Waals surface area contributed by atoms with Crippen LogP contribution in [0.4, 0.5) is 0 Å². The average Bonchev–Trinajstić information content (AvgIpc) is 3.50. The first kappa shape index (κ1) is 16.1. The van der Waals surface area contributed by atoms with Crippen LogP contribution >= 0.6 is 0 Å². The molecular weight excluding hydrogens is 334 g/mol. The van der Waals surface area contributed by atoms with Gasteiger partial charge in [0.05, 0.1) is 24.1 Å². The normalized spacial score (nSPS) is 13.9. The number of rotatable bonds is 5. The van der Waals surface area contributed by atoms with Gasteiger partial charge in [-0.05, 0) is 41.3 Å². The van der Waals surface area contributed by atoms with Gasteiger partial charge in [0.2, 0.25) is 5.91 Å². The van der Waals surface area contributed by atoms with E-state index in [9.17, 15) is 4.79 Å². The number of carbonyl (C=O) groups is 1. The van der Waals surface area contributed by atoms with Crippen LogP contribution in [0.3, 0.4) is 0 Å². The summed E-state index contributed by atoms with van der Waals surface area (Å²) in [5.74, 6) is 1.26. The molecule has 1 aliphatic rings. The summed E-state index contributed by atoms with van der Waals surface area (Å²) < 4.78 is 2.23. The van der Waals surface area contributed by atoms with Gasteiger partial charge in [-0.2, -0.15) is 0 Å². The Morgan fingerprint density at radius 2 is 1.78 bits per heavy atom. The largest absolute Gasteiger partial charge is 0.349 e. The molecule has 0 unspecified atom stereocenters. The van der Waals surface area contributed by atoms with Gasteiger partial charge in [-0.1, -0.05) is 54.6 Å². The van der Waals surface area contributed by atoms with E-state index in [4.69, 9.17) is 4.98 Å². The zero-order valence-electron chi connectivity index (χ0n) is 15.1. The van der Waals surface area contributed by atoms with Crippen LogP contribution in [0.1, 0.15) is 24.2 Å². The summed E-state index contributed by atoms with van der Waals surface area (Å²) in [6.07, 6.45) is 2.02. The van der Waals surface area contributed by atoms with Crippen molar-refractivity contribution in [2.24, 2.45) is 5.92 Å². The van der Waals surface area contributed by atoms with Crippen LogP contribution in [-0.4, -0.2) is 15.5 Å². The Labute approximate surface area is 157 Å². The smallest absolute Gasteiger partial charge is 0.223 e. The van der Waals surface area contributed by atoms with Crippen molar-refractivity contribution in [1.82, 2.24) is 14.9 Å². The first-order valence-corrected chi connectivity index (χ1v) is 9.48. The van der Waals surface area contributed by atoms with Gasteiger partial charge in [-0.15, -0.1) is 0 Å². The topological polar surface area (TPSA) is 46.9 Å². The Balaban J connectivity index is 1.54. The van der Waals surface area contributed by atoms with Crippen LogP contribution in [0, 0.1) is 5.92 Å². The molecule has 1 heterocycles. The number of nitrogens with one attached hydrogen (secondary N) is 1. The first-order valence-electron chi connectivity index (χ1n) is 9.48. The molecule has 27 heavy (non-hydrogen) atoms. The molecule has 1 aliphatic carbocycles. The van der Waals surface area contributed by atoms with Crippen molar-refractivity contribution >= 4 is 27.7 Å². The molecule has 1 amide bonds. The fraction of sp³-hybridized carbons (Fsp3) is 0.217. The summed E-state index contributed by atoms with van der Waals surface area (Å²) >= 11 is 0. The molecule has 4 nitrogen and oxygen atoms in total. The predicted molar refractivity (Wildman–Crippen MR) is 107 cm³/mol. The van der Waals surface area contributed by atoms with Crippen molar-refractivity contribution in [3.8, 4) is 0 Å². The fourth-order valence-electron chi connectivity index (χ4n) is 3.69. The molecule has 1 N–H and O–H groups in total. The van der Waals surface area contributed by atoms with Crippen LogP contribution < -0.4 is 5.32 Å². The number of nitrogens with zero attached hydrogens (tertiary/aromatic N) is 2. The summed E-state index contributed by atoms with van der Waals surface area (Å²) in [6.45, 7) is 1.20. The fourth-order valence-corrected chi connectivity index (χ4v) is 3.69. The standard InChI is InChI=1S/C23H21N3O/c27-23(17-12-13-17)24-14-22-25-20-10-3-4-11-21(20)26(22)15-18-8-5-7-16-6-1-2-9-19(16)18/h1-11,17H,12-15H2,(H,24,27). The lowest BCUT2D eigenvalue weighted by Gasteiger charge is -2.12. The lowest BCUT2D eigenvalue weighted by Crippen LogP contribution is -2.26. The number of hydrogen-bond donors (Lipinski definition) is 1. The van der Waals surface area contributed by atoms with Crippen molar-refractivity contribution in [2.75, 3.05) is 0 Å². The number of carbonyl (C=O) groups excluding carboxylic acids is 1. The van der Waals surface area contributed by atoms with Gasteiger partial charge >= 0.3 is 0 Å². The molecule has 0 saturated heterocycles. The number of hydrogen-bond acceptors (Lipinski definition) is 2. The van der Waals surface area contributed by atoms with Crippen molar-refractivity contribution in [1.29, 1.82) is 0 Å². The van der Waals surface area contributed by atoms with Crippen LogP contribution in [0.25, 0.3) is 21.8 Å².